The van der Waals surface area contributed by atoms with Gasteiger partial charge in [-0.15, -0.1) is 22.7 Å². The number of hydrogen-bond acceptors (Lipinski definition) is 5. The second kappa shape index (κ2) is 11.8. The minimum atomic E-state index is -0.539. The summed E-state index contributed by atoms with van der Waals surface area (Å²) in [5, 5.41) is 3.71. The van der Waals surface area contributed by atoms with Gasteiger partial charge in [0.25, 0.3) is 0 Å². The second-order valence-corrected chi connectivity index (χ2v) is 13.8. The van der Waals surface area contributed by atoms with Crippen molar-refractivity contribution in [3.8, 4) is 56.4 Å². The van der Waals surface area contributed by atoms with Crippen LogP contribution in [0.3, 0.4) is 0 Å². The molecule has 0 amide bonds. The molecule has 0 saturated heterocycles. The Kier molecular flexibility index (Phi) is 4.85. The Morgan fingerprint density at radius 2 is 0.940 bits per heavy atom. The summed E-state index contributed by atoms with van der Waals surface area (Å²) in [6.45, 7) is 0. The summed E-state index contributed by atoms with van der Waals surface area (Å²) in [5.41, 5.74) is 2.74. The summed E-state index contributed by atoms with van der Waals surface area (Å²) >= 11 is 3.06. The Morgan fingerprint density at radius 3 is 1.64 bits per heavy atom. The molecule has 0 saturated carbocycles. The standard InChI is InChI=1S/C45H27N3S2/c1-4-12-28(13-5-1)33-24-37(29-14-6-2-7-15-29)42-38(25-33)36-23-21-32(27-41(36)50-42)45-47-43(30-16-8-3-9-17-30)46-44(48-45)31-20-22-35-34-18-10-11-19-39(34)49-40(35)26-31/h1-27H/i1D,2D,4D,5D,6D,7D,12D,13D,14D,15D. The summed E-state index contributed by atoms with van der Waals surface area (Å²) in [6.07, 6.45) is 0. The van der Waals surface area contributed by atoms with Gasteiger partial charge in [0.05, 0.1) is 13.7 Å². The molecule has 0 bridgehead atoms. The van der Waals surface area contributed by atoms with E-state index in [-0.39, 0.29) is 22.3 Å². The monoisotopic (exact) mass is 683 g/mol. The zero-order valence-electron chi connectivity index (χ0n) is 36.0. The molecule has 0 spiro atoms. The predicted molar refractivity (Wildman–Crippen MR) is 213 cm³/mol. The molecule has 0 aliphatic heterocycles. The van der Waals surface area contributed by atoms with Crippen molar-refractivity contribution in [1.29, 1.82) is 0 Å². The largest absolute Gasteiger partial charge is 0.208 e. The number of fused-ring (bicyclic) bond motifs is 6. The first-order valence-corrected chi connectivity index (χ1v) is 17.4. The quantitative estimate of drug-likeness (QED) is 0.181. The fraction of sp³-hybridized carbons (Fsp3) is 0. The van der Waals surface area contributed by atoms with Crippen molar-refractivity contribution in [3.63, 3.8) is 0 Å². The highest BCUT2D eigenvalue weighted by molar-refractivity contribution is 7.26. The van der Waals surface area contributed by atoms with Gasteiger partial charge in [-0.1, -0.05) is 133 Å². The zero-order valence-corrected chi connectivity index (χ0v) is 27.6. The summed E-state index contributed by atoms with van der Waals surface area (Å²) in [5.74, 6) is 1.43. The van der Waals surface area contributed by atoms with Crippen molar-refractivity contribution >= 4 is 63.0 Å². The number of thiophene rings is 2. The Hall–Kier alpha value is -6.01. The molecule has 0 atom stereocenters. The smallest absolute Gasteiger partial charge is 0.164 e. The van der Waals surface area contributed by atoms with E-state index in [1.807, 2.05) is 66.7 Å². The third kappa shape index (κ3) is 4.98. The van der Waals surface area contributed by atoms with Crippen molar-refractivity contribution in [2.24, 2.45) is 0 Å². The van der Waals surface area contributed by atoms with Crippen molar-refractivity contribution in [1.82, 2.24) is 15.0 Å². The van der Waals surface area contributed by atoms with Crippen LogP contribution in [0.1, 0.15) is 13.7 Å². The molecular formula is C45H27N3S2. The lowest BCUT2D eigenvalue weighted by Crippen LogP contribution is -2.00. The topological polar surface area (TPSA) is 38.7 Å². The van der Waals surface area contributed by atoms with Crippen LogP contribution in [-0.4, -0.2) is 15.0 Å². The molecule has 5 heteroatoms. The lowest BCUT2D eigenvalue weighted by molar-refractivity contribution is 1.08. The first-order chi connectivity index (χ1) is 28.9. The second-order valence-electron chi connectivity index (χ2n) is 11.7. The van der Waals surface area contributed by atoms with E-state index in [1.54, 1.807) is 23.5 Å². The van der Waals surface area contributed by atoms with Gasteiger partial charge in [-0.25, -0.2) is 15.0 Å². The van der Waals surface area contributed by atoms with Gasteiger partial charge < -0.3 is 0 Å². The van der Waals surface area contributed by atoms with Gasteiger partial charge in [-0.2, -0.15) is 0 Å². The lowest BCUT2D eigenvalue weighted by Gasteiger charge is -2.09. The molecule has 0 aliphatic rings. The van der Waals surface area contributed by atoms with Crippen LogP contribution in [0.5, 0.6) is 0 Å². The van der Waals surface area contributed by atoms with E-state index in [4.69, 9.17) is 28.7 Å². The summed E-state index contributed by atoms with van der Waals surface area (Å²) in [6, 6.07) is 28.5. The summed E-state index contributed by atoms with van der Waals surface area (Å²) < 4.78 is 89.0. The maximum Gasteiger partial charge on any atom is 0.164 e. The summed E-state index contributed by atoms with van der Waals surface area (Å²) in [4.78, 5) is 14.9. The van der Waals surface area contributed by atoms with Crippen molar-refractivity contribution in [2.45, 2.75) is 0 Å². The van der Waals surface area contributed by atoms with Crippen molar-refractivity contribution in [3.05, 3.63) is 164 Å². The third-order valence-electron chi connectivity index (χ3n) is 8.69. The minimum Gasteiger partial charge on any atom is -0.208 e. The molecule has 0 N–H and O–H groups in total. The molecule has 10 rings (SSSR count). The van der Waals surface area contributed by atoms with Crippen molar-refractivity contribution < 1.29 is 13.7 Å². The fourth-order valence-corrected chi connectivity index (χ4v) is 8.73. The first kappa shape index (κ1) is 20.5. The van der Waals surface area contributed by atoms with E-state index in [0.29, 0.717) is 33.1 Å². The average Bonchev–Trinajstić information content (AvgIpc) is 3.84. The Morgan fingerprint density at radius 1 is 0.380 bits per heavy atom. The van der Waals surface area contributed by atoms with E-state index in [0.717, 1.165) is 31.3 Å². The normalized spacial score (nSPS) is 14.4. The van der Waals surface area contributed by atoms with Crippen molar-refractivity contribution in [2.75, 3.05) is 0 Å². The number of hydrogen-bond donors (Lipinski definition) is 0. The number of benzene rings is 7. The molecule has 3 aromatic heterocycles. The van der Waals surface area contributed by atoms with E-state index >= 15 is 0 Å². The molecule has 0 fully saturated rings. The van der Waals surface area contributed by atoms with E-state index in [2.05, 4.69) is 24.3 Å². The molecule has 0 aliphatic carbocycles. The van der Waals surface area contributed by atoms with Crippen LogP contribution >= 0.6 is 22.7 Å². The molecule has 3 heterocycles. The van der Waals surface area contributed by atoms with Gasteiger partial charge in [-0.3, -0.25) is 0 Å². The van der Waals surface area contributed by atoms with Gasteiger partial charge >= 0.3 is 0 Å². The van der Waals surface area contributed by atoms with E-state index in [1.165, 1.54) is 21.4 Å². The molecular weight excluding hydrogens is 647 g/mol. The molecule has 50 heavy (non-hydrogen) atoms. The number of rotatable bonds is 5. The molecule has 10 aromatic rings. The number of aromatic nitrogens is 3. The summed E-state index contributed by atoms with van der Waals surface area (Å²) in [7, 11) is 0. The van der Waals surface area contributed by atoms with Gasteiger partial charge in [0.15, 0.2) is 17.5 Å². The lowest BCUT2D eigenvalue weighted by atomic mass is 9.96. The molecule has 0 unspecified atom stereocenters. The minimum absolute atomic E-state index is 0.0581. The molecule has 0 radical (unpaired) electrons. The van der Waals surface area contributed by atoms with Crippen LogP contribution < -0.4 is 0 Å². The predicted octanol–water partition coefficient (Wildman–Crippen LogP) is 12.9. The molecule has 7 aromatic carbocycles. The Bertz CT molecular complexity index is 3400. The first-order valence-electron chi connectivity index (χ1n) is 20.8. The van der Waals surface area contributed by atoms with E-state index < -0.39 is 60.4 Å². The van der Waals surface area contributed by atoms with Gasteiger partial charge in [-0.05, 0) is 47.0 Å². The Labute approximate surface area is 310 Å². The van der Waals surface area contributed by atoms with Crippen LogP contribution in [-0.2, 0) is 0 Å². The van der Waals surface area contributed by atoms with E-state index in [9.17, 15) is 0 Å². The highest BCUT2D eigenvalue weighted by atomic mass is 32.1. The van der Waals surface area contributed by atoms with Gasteiger partial charge in [0.2, 0.25) is 0 Å². The van der Waals surface area contributed by atoms with Crippen LogP contribution in [0, 0.1) is 0 Å². The maximum atomic E-state index is 8.89. The fourth-order valence-electron chi connectivity index (χ4n) is 6.34. The third-order valence-corrected chi connectivity index (χ3v) is 11.0. The Balaban J connectivity index is 1.21. The van der Waals surface area contributed by atoms with Crippen LogP contribution in [0.15, 0.2) is 164 Å². The van der Waals surface area contributed by atoms with Crippen LogP contribution in [0.2, 0.25) is 0 Å². The SMILES string of the molecule is [2H]c1c([2H])c([2H])c(-c2cc(-c3c([2H])c([2H])c([2H])c([2H])c3[2H])c3sc4cc(-c5nc(-c6ccccc6)nc(-c6ccc7c(c6)sc6ccccc67)n5)ccc4c3c2)c([2H])c1[2H]. The van der Waals surface area contributed by atoms with Crippen LogP contribution in [0.4, 0.5) is 0 Å². The molecule has 3 nitrogen and oxygen atoms in total. The van der Waals surface area contributed by atoms with Gasteiger partial charge in [0.1, 0.15) is 0 Å². The average molecular weight is 684 g/mol. The highest BCUT2D eigenvalue weighted by Crippen LogP contribution is 2.44. The molecule has 234 valence electrons. The zero-order chi connectivity index (χ0) is 41.7. The highest BCUT2D eigenvalue weighted by Gasteiger charge is 2.17. The van der Waals surface area contributed by atoms with Gasteiger partial charge in [0, 0.05) is 62.6 Å². The maximum absolute atomic E-state index is 8.89. The number of nitrogens with zero attached hydrogens (tertiary/aromatic N) is 3. The van der Waals surface area contributed by atoms with Crippen LogP contribution in [0.25, 0.3) is 96.8 Å².